The lowest BCUT2D eigenvalue weighted by Gasteiger charge is -2.27. The number of carbonyl (C=O) groups excluding carboxylic acids is 2. The maximum atomic E-state index is 13.2. The number of hydrogen-bond acceptors (Lipinski definition) is 7. The molecule has 0 saturated heterocycles. The normalized spacial score (nSPS) is 15.4. The van der Waals surface area contributed by atoms with E-state index in [0.717, 1.165) is 36.2 Å². The number of pyridine rings is 2. The number of nitrogens with zero attached hydrogens (tertiary/aromatic N) is 3. The van der Waals surface area contributed by atoms with E-state index in [0.29, 0.717) is 18.5 Å². The van der Waals surface area contributed by atoms with Crippen molar-refractivity contribution in [2.45, 2.75) is 77.6 Å². The maximum absolute atomic E-state index is 13.2. The standard InChI is InChI=1S/C33H40N4O5/c1-33(2,3)42-32(41)37(22-26-11-4-5-18-34-26)21-23-14-16-25(17-15-23)30(38)27(31(39)40)12-8-19-35-28-13-6-9-24-10-7-20-36-29(24)28/h4-5,7,10-11,14-18,20,27-28,35H,6,8-9,12-13,19,21-22H2,1-3H3,(H,39,40). The largest absolute Gasteiger partial charge is 0.481 e. The van der Waals surface area contributed by atoms with Gasteiger partial charge in [0.15, 0.2) is 5.78 Å². The van der Waals surface area contributed by atoms with Gasteiger partial charge in [0, 0.05) is 30.5 Å². The van der Waals surface area contributed by atoms with E-state index >= 15 is 0 Å². The molecule has 1 aliphatic rings. The van der Waals surface area contributed by atoms with E-state index < -0.39 is 29.4 Å². The van der Waals surface area contributed by atoms with Gasteiger partial charge in [-0.05, 0) is 88.7 Å². The number of carbonyl (C=O) groups is 3. The average molecular weight is 573 g/mol. The topological polar surface area (TPSA) is 122 Å². The van der Waals surface area contributed by atoms with E-state index in [1.807, 2.05) is 45.0 Å². The second kappa shape index (κ2) is 14.2. The second-order valence-corrected chi connectivity index (χ2v) is 11.7. The van der Waals surface area contributed by atoms with Crippen molar-refractivity contribution in [2.24, 2.45) is 5.92 Å². The van der Waals surface area contributed by atoms with Crippen LogP contribution in [0.5, 0.6) is 0 Å². The van der Waals surface area contributed by atoms with Crippen LogP contribution in [0.1, 0.15) is 85.4 Å². The summed E-state index contributed by atoms with van der Waals surface area (Å²) in [4.78, 5) is 48.6. The van der Waals surface area contributed by atoms with E-state index in [-0.39, 0.29) is 25.6 Å². The molecule has 0 spiro atoms. The molecule has 9 heteroatoms. The molecular weight excluding hydrogens is 532 g/mol. The summed E-state index contributed by atoms with van der Waals surface area (Å²) in [5, 5.41) is 13.3. The smallest absolute Gasteiger partial charge is 0.410 e. The molecule has 3 aromatic rings. The molecule has 2 unspecified atom stereocenters. The molecule has 0 saturated carbocycles. The minimum atomic E-state index is -1.13. The summed E-state index contributed by atoms with van der Waals surface area (Å²) in [7, 11) is 0. The van der Waals surface area contributed by atoms with Crippen molar-refractivity contribution >= 4 is 17.8 Å². The number of Topliss-reactive ketones (excluding diaryl/α,β-unsaturated/α-hetero) is 1. The van der Waals surface area contributed by atoms with Crippen LogP contribution in [0.4, 0.5) is 4.79 Å². The third-order valence-electron chi connectivity index (χ3n) is 7.21. The molecule has 1 aromatic carbocycles. The van der Waals surface area contributed by atoms with Crippen LogP contribution in [0.3, 0.4) is 0 Å². The van der Waals surface area contributed by atoms with Gasteiger partial charge in [0.2, 0.25) is 0 Å². The molecule has 9 nitrogen and oxygen atoms in total. The molecule has 2 aromatic heterocycles. The number of nitrogens with one attached hydrogen (secondary N) is 1. The van der Waals surface area contributed by atoms with E-state index in [2.05, 4.69) is 21.4 Å². The molecule has 0 fully saturated rings. The van der Waals surface area contributed by atoms with E-state index in [9.17, 15) is 19.5 Å². The Hall–Kier alpha value is -4.11. The number of aliphatic carboxylic acids is 1. The number of rotatable bonds is 12. The highest BCUT2D eigenvalue weighted by Gasteiger charge is 2.28. The third kappa shape index (κ3) is 8.69. The first-order valence-corrected chi connectivity index (χ1v) is 14.5. The van der Waals surface area contributed by atoms with Crippen molar-refractivity contribution in [1.82, 2.24) is 20.2 Å². The first-order chi connectivity index (χ1) is 20.1. The Balaban J connectivity index is 1.35. The van der Waals surface area contributed by atoms with Gasteiger partial charge < -0.3 is 15.2 Å². The van der Waals surface area contributed by atoms with Crippen molar-refractivity contribution in [2.75, 3.05) is 6.54 Å². The number of aryl methyl sites for hydroxylation is 1. The number of amides is 1. The van der Waals surface area contributed by atoms with Crippen molar-refractivity contribution in [3.63, 3.8) is 0 Å². The van der Waals surface area contributed by atoms with Crippen LogP contribution in [0.25, 0.3) is 0 Å². The van der Waals surface area contributed by atoms with Crippen molar-refractivity contribution in [3.8, 4) is 0 Å². The van der Waals surface area contributed by atoms with Gasteiger partial charge in [0.1, 0.15) is 11.5 Å². The molecule has 2 N–H and O–H groups in total. The number of carboxylic acid groups (broad SMARTS) is 1. The Morgan fingerprint density at radius 3 is 2.48 bits per heavy atom. The maximum Gasteiger partial charge on any atom is 0.410 e. The summed E-state index contributed by atoms with van der Waals surface area (Å²) in [6.07, 6.45) is 6.90. The zero-order chi connectivity index (χ0) is 30.1. The molecule has 0 radical (unpaired) electrons. The Labute approximate surface area is 247 Å². The van der Waals surface area contributed by atoms with Gasteiger partial charge in [-0.3, -0.25) is 24.5 Å². The molecule has 2 atom stereocenters. The lowest BCUT2D eigenvalue weighted by molar-refractivity contribution is -0.140. The molecule has 4 rings (SSSR count). The van der Waals surface area contributed by atoms with Crippen LogP contribution in [0.15, 0.2) is 67.0 Å². The zero-order valence-electron chi connectivity index (χ0n) is 24.6. The summed E-state index contributed by atoms with van der Waals surface area (Å²) in [6.45, 7) is 6.54. The highest BCUT2D eigenvalue weighted by Crippen LogP contribution is 2.28. The minimum absolute atomic E-state index is 0.152. The van der Waals surface area contributed by atoms with Gasteiger partial charge in [-0.1, -0.05) is 36.4 Å². The summed E-state index contributed by atoms with van der Waals surface area (Å²) < 4.78 is 5.60. The lowest BCUT2D eigenvalue weighted by Crippen LogP contribution is -2.36. The summed E-state index contributed by atoms with van der Waals surface area (Å²) in [5.74, 6) is -2.67. The second-order valence-electron chi connectivity index (χ2n) is 11.7. The number of benzene rings is 1. The quantitative estimate of drug-likeness (QED) is 0.160. The average Bonchev–Trinajstić information content (AvgIpc) is 2.96. The fraction of sp³-hybridized carbons (Fsp3) is 0.424. The minimum Gasteiger partial charge on any atom is -0.481 e. The Kier molecular flexibility index (Phi) is 10.4. The first kappa shape index (κ1) is 30.8. The number of hydrogen-bond donors (Lipinski definition) is 2. The Morgan fingerprint density at radius 2 is 1.79 bits per heavy atom. The highest BCUT2D eigenvalue weighted by atomic mass is 16.6. The first-order valence-electron chi connectivity index (χ1n) is 14.5. The number of ketones is 1. The number of fused-ring (bicyclic) bond motifs is 1. The van der Waals surface area contributed by atoms with E-state index in [4.69, 9.17) is 4.74 Å². The van der Waals surface area contributed by atoms with Crippen molar-refractivity contribution < 1.29 is 24.2 Å². The number of aromatic nitrogens is 2. The zero-order valence-corrected chi connectivity index (χ0v) is 24.6. The van der Waals surface area contributed by atoms with Crippen LogP contribution in [-0.2, 0) is 29.0 Å². The Bertz CT molecular complexity index is 1350. The number of carboxylic acids is 1. The van der Waals surface area contributed by atoms with Gasteiger partial charge in [0.25, 0.3) is 0 Å². The SMILES string of the molecule is CC(C)(C)OC(=O)N(Cc1ccc(C(=O)C(CCCNC2CCCc3cccnc32)C(=O)O)cc1)Cc1ccccn1. The van der Waals surface area contributed by atoms with Crippen LogP contribution < -0.4 is 5.32 Å². The lowest BCUT2D eigenvalue weighted by atomic mass is 9.91. The Morgan fingerprint density at radius 1 is 1.02 bits per heavy atom. The molecule has 42 heavy (non-hydrogen) atoms. The van der Waals surface area contributed by atoms with Crippen LogP contribution in [0.2, 0.25) is 0 Å². The summed E-state index contributed by atoms with van der Waals surface area (Å²) in [5.41, 5.74) is 3.51. The third-order valence-corrected chi connectivity index (χ3v) is 7.21. The molecular formula is C33H40N4O5. The predicted molar refractivity (Wildman–Crippen MR) is 159 cm³/mol. The van der Waals surface area contributed by atoms with Gasteiger partial charge >= 0.3 is 12.1 Å². The molecule has 2 heterocycles. The molecule has 1 aliphatic carbocycles. The highest BCUT2D eigenvalue weighted by molar-refractivity contribution is 6.08. The molecule has 0 aliphatic heterocycles. The van der Waals surface area contributed by atoms with Crippen LogP contribution in [-0.4, -0.2) is 50.0 Å². The predicted octanol–water partition coefficient (Wildman–Crippen LogP) is 5.74. The molecule has 222 valence electrons. The van der Waals surface area contributed by atoms with E-state index in [1.54, 1.807) is 41.6 Å². The van der Waals surface area contributed by atoms with E-state index in [1.165, 1.54) is 5.56 Å². The monoisotopic (exact) mass is 572 g/mol. The van der Waals surface area contributed by atoms with Crippen molar-refractivity contribution in [1.29, 1.82) is 0 Å². The van der Waals surface area contributed by atoms with Crippen LogP contribution in [0, 0.1) is 5.92 Å². The fourth-order valence-electron chi connectivity index (χ4n) is 5.15. The molecule has 1 amide bonds. The van der Waals surface area contributed by atoms with Gasteiger partial charge in [0.05, 0.1) is 17.9 Å². The van der Waals surface area contributed by atoms with Crippen LogP contribution >= 0.6 is 0 Å². The summed E-state index contributed by atoms with van der Waals surface area (Å²) >= 11 is 0. The fourth-order valence-corrected chi connectivity index (χ4v) is 5.15. The van der Waals surface area contributed by atoms with Gasteiger partial charge in [-0.2, -0.15) is 0 Å². The summed E-state index contributed by atoms with van der Waals surface area (Å²) in [6, 6.07) is 16.5. The molecule has 0 bridgehead atoms. The van der Waals surface area contributed by atoms with Crippen molar-refractivity contribution in [3.05, 3.63) is 95.1 Å². The van der Waals surface area contributed by atoms with Gasteiger partial charge in [-0.15, -0.1) is 0 Å². The van der Waals surface area contributed by atoms with Gasteiger partial charge in [-0.25, -0.2) is 4.79 Å². The number of ether oxygens (including phenoxy) is 1.